The Morgan fingerprint density at radius 1 is 1.35 bits per heavy atom. The smallest absolute Gasteiger partial charge is 0.161 e. The number of hydrogen-bond acceptors (Lipinski definition) is 3. The number of thiocarbonyl (C=S) groups is 1. The van der Waals surface area contributed by atoms with Crippen LogP contribution in [0.5, 0.6) is 11.5 Å². The summed E-state index contributed by atoms with van der Waals surface area (Å²) in [5, 5.41) is 0. The van der Waals surface area contributed by atoms with Crippen LogP contribution in [0.3, 0.4) is 0 Å². The Hall–Kier alpha value is -1.29. The van der Waals surface area contributed by atoms with Crippen molar-refractivity contribution < 1.29 is 9.47 Å². The Labute approximate surface area is 108 Å². The molecule has 0 aliphatic rings. The molecule has 3 nitrogen and oxygen atoms in total. The first-order chi connectivity index (χ1) is 8.17. The molecule has 0 saturated carbocycles. The van der Waals surface area contributed by atoms with Crippen molar-refractivity contribution >= 4 is 17.2 Å². The van der Waals surface area contributed by atoms with Gasteiger partial charge in [0.05, 0.1) is 18.7 Å². The quantitative estimate of drug-likeness (QED) is 0.759. The van der Waals surface area contributed by atoms with E-state index in [0.717, 1.165) is 30.8 Å². The molecule has 4 heteroatoms. The molecular weight excluding hydrogens is 234 g/mol. The van der Waals surface area contributed by atoms with Gasteiger partial charge in [-0.1, -0.05) is 18.3 Å². The molecule has 0 fully saturated rings. The van der Waals surface area contributed by atoms with Crippen LogP contribution < -0.4 is 15.2 Å². The maximum absolute atomic E-state index is 5.46. The molecule has 1 rings (SSSR count). The minimum absolute atomic E-state index is 0.572. The van der Waals surface area contributed by atoms with Crippen LogP contribution in [0.4, 0.5) is 0 Å². The Morgan fingerprint density at radius 2 is 2.12 bits per heavy atom. The monoisotopic (exact) mass is 253 g/mol. The van der Waals surface area contributed by atoms with Gasteiger partial charge < -0.3 is 15.2 Å². The molecule has 0 aliphatic heterocycles. The number of nitrogens with two attached hydrogens (primary N) is 1. The number of aryl methyl sites for hydroxylation is 1. The fraction of sp³-hybridized carbons (Fsp3) is 0.462. The van der Waals surface area contributed by atoms with Crippen LogP contribution in [0.25, 0.3) is 0 Å². The molecular formula is C13H19NO2S. The second-order valence-electron chi connectivity index (χ2n) is 3.74. The van der Waals surface area contributed by atoms with Gasteiger partial charge in [0.1, 0.15) is 0 Å². The van der Waals surface area contributed by atoms with E-state index in [2.05, 4.69) is 0 Å². The average molecular weight is 253 g/mol. The SMILES string of the molecule is CCOc1ccc(CCCC(N)=S)cc1OC. The van der Waals surface area contributed by atoms with Crippen LogP contribution in [-0.4, -0.2) is 18.7 Å². The molecule has 0 heterocycles. The first kappa shape index (κ1) is 13.8. The van der Waals surface area contributed by atoms with Gasteiger partial charge in [0.2, 0.25) is 0 Å². The lowest BCUT2D eigenvalue weighted by Gasteiger charge is -2.10. The van der Waals surface area contributed by atoms with Crippen molar-refractivity contribution in [1.29, 1.82) is 0 Å². The molecule has 94 valence electrons. The molecule has 0 amide bonds. The van der Waals surface area contributed by atoms with Gasteiger partial charge in [-0.25, -0.2) is 0 Å². The predicted octanol–water partition coefficient (Wildman–Crippen LogP) is 2.70. The Balaban J connectivity index is 2.65. The van der Waals surface area contributed by atoms with Crippen molar-refractivity contribution in [2.45, 2.75) is 26.2 Å². The molecule has 0 bridgehead atoms. The van der Waals surface area contributed by atoms with Crippen LogP contribution in [0.1, 0.15) is 25.3 Å². The van der Waals surface area contributed by atoms with Crippen molar-refractivity contribution in [2.75, 3.05) is 13.7 Å². The van der Waals surface area contributed by atoms with Crippen molar-refractivity contribution in [3.05, 3.63) is 23.8 Å². The Bertz CT molecular complexity index is 380. The zero-order valence-electron chi connectivity index (χ0n) is 10.4. The summed E-state index contributed by atoms with van der Waals surface area (Å²) in [6.45, 7) is 2.59. The van der Waals surface area contributed by atoms with Gasteiger partial charge in [-0.2, -0.15) is 0 Å². The van der Waals surface area contributed by atoms with E-state index in [9.17, 15) is 0 Å². The third-order valence-corrected chi connectivity index (χ3v) is 2.62. The molecule has 2 N–H and O–H groups in total. The lowest BCUT2D eigenvalue weighted by Crippen LogP contribution is -2.07. The summed E-state index contributed by atoms with van der Waals surface area (Å²) >= 11 is 4.85. The Morgan fingerprint density at radius 3 is 2.71 bits per heavy atom. The second-order valence-corrected chi connectivity index (χ2v) is 4.26. The van der Waals surface area contributed by atoms with Crippen LogP contribution in [0, 0.1) is 0 Å². The Kier molecular flexibility index (Phi) is 5.77. The maximum atomic E-state index is 5.46. The summed E-state index contributed by atoms with van der Waals surface area (Å²) in [5.41, 5.74) is 6.67. The molecule has 1 aromatic rings. The van der Waals surface area contributed by atoms with Crippen molar-refractivity contribution in [2.24, 2.45) is 5.73 Å². The first-order valence-electron chi connectivity index (χ1n) is 5.75. The van der Waals surface area contributed by atoms with E-state index in [0.29, 0.717) is 11.6 Å². The molecule has 0 saturated heterocycles. The third-order valence-electron chi connectivity index (χ3n) is 2.42. The van der Waals surface area contributed by atoms with Crippen LogP contribution >= 0.6 is 12.2 Å². The predicted molar refractivity (Wildman–Crippen MR) is 73.9 cm³/mol. The largest absolute Gasteiger partial charge is 0.493 e. The summed E-state index contributed by atoms with van der Waals surface area (Å²) in [6, 6.07) is 6.00. The highest BCUT2D eigenvalue weighted by Crippen LogP contribution is 2.28. The van der Waals surface area contributed by atoms with Gasteiger partial charge in [0, 0.05) is 0 Å². The van der Waals surface area contributed by atoms with Crippen molar-refractivity contribution in [1.82, 2.24) is 0 Å². The molecule has 0 aliphatic carbocycles. The second kappa shape index (κ2) is 7.12. The summed E-state index contributed by atoms with van der Waals surface area (Å²) in [5.74, 6) is 1.56. The maximum Gasteiger partial charge on any atom is 0.161 e. The molecule has 0 unspecified atom stereocenters. The molecule has 0 spiro atoms. The third kappa shape index (κ3) is 4.61. The molecule has 1 aromatic carbocycles. The highest BCUT2D eigenvalue weighted by molar-refractivity contribution is 7.80. The van der Waals surface area contributed by atoms with E-state index < -0.39 is 0 Å². The van der Waals surface area contributed by atoms with Gasteiger partial charge in [-0.3, -0.25) is 0 Å². The van der Waals surface area contributed by atoms with Crippen LogP contribution in [0.2, 0.25) is 0 Å². The van der Waals surface area contributed by atoms with Gasteiger partial charge in [0.25, 0.3) is 0 Å². The minimum atomic E-state index is 0.572. The van der Waals surface area contributed by atoms with Crippen molar-refractivity contribution in [3.63, 3.8) is 0 Å². The van der Waals surface area contributed by atoms with E-state index in [1.165, 1.54) is 5.56 Å². The normalized spacial score (nSPS) is 10.0. The summed E-state index contributed by atoms with van der Waals surface area (Å²) in [4.78, 5) is 0.572. The minimum Gasteiger partial charge on any atom is -0.493 e. The van der Waals surface area contributed by atoms with E-state index >= 15 is 0 Å². The van der Waals surface area contributed by atoms with Gasteiger partial charge in [0.15, 0.2) is 11.5 Å². The number of benzene rings is 1. The molecule has 0 radical (unpaired) electrons. The number of ether oxygens (including phenoxy) is 2. The standard InChI is InChI=1S/C13H19NO2S/c1-3-16-11-8-7-10(9-12(11)15-2)5-4-6-13(14)17/h7-9H,3-6H2,1-2H3,(H2,14,17). The van der Waals surface area contributed by atoms with Gasteiger partial charge >= 0.3 is 0 Å². The number of rotatable bonds is 7. The van der Waals surface area contributed by atoms with Gasteiger partial charge in [-0.05, 0) is 43.9 Å². The molecule has 17 heavy (non-hydrogen) atoms. The van der Waals surface area contributed by atoms with Crippen molar-refractivity contribution in [3.8, 4) is 11.5 Å². The summed E-state index contributed by atoms with van der Waals surface area (Å²) < 4.78 is 10.8. The summed E-state index contributed by atoms with van der Waals surface area (Å²) in [7, 11) is 1.65. The van der Waals surface area contributed by atoms with Gasteiger partial charge in [-0.15, -0.1) is 0 Å². The van der Waals surface area contributed by atoms with E-state index in [4.69, 9.17) is 27.4 Å². The first-order valence-corrected chi connectivity index (χ1v) is 6.16. The average Bonchev–Trinajstić information content (AvgIpc) is 2.30. The van der Waals surface area contributed by atoms with E-state index in [1.807, 2.05) is 25.1 Å². The van der Waals surface area contributed by atoms with Crippen LogP contribution in [-0.2, 0) is 6.42 Å². The lowest BCUT2D eigenvalue weighted by molar-refractivity contribution is 0.310. The number of hydrogen-bond donors (Lipinski definition) is 1. The fourth-order valence-corrected chi connectivity index (χ4v) is 1.75. The molecule has 0 aromatic heterocycles. The molecule has 0 atom stereocenters. The van der Waals surface area contributed by atoms with E-state index in [1.54, 1.807) is 7.11 Å². The summed E-state index contributed by atoms with van der Waals surface area (Å²) in [6.07, 6.45) is 2.69. The zero-order valence-corrected chi connectivity index (χ0v) is 11.2. The lowest BCUT2D eigenvalue weighted by atomic mass is 10.1. The van der Waals surface area contributed by atoms with Crippen LogP contribution in [0.15, 0.2) is 18.2 Å². The zero-order chi connectivity index (χ0) is 12.7. The fourth-order valence-electron chi connectivity index (χ4n) is 1.61. The highest BCUT2D eigenvalue weighted by Gasteiger charge is 2.05. The number of methoxy groups -OCH3 is 1. The topological polar surface area (TPSA) is 44.5 Å². The highest BCUT2D eigenvalue weighted by atomic mass is 32.1. The van der Waals surface area contributed by atoms with E-state index in [-0.39, 0.29) is 0 Å².